The molecule has 1 amide bonds. The lowest BCUT2D eigenvalue weighted by atomic mass is 10.2. The first-order valence-electron chi connectivity index (χ1n) is 6.18. The maximum atomic E-state index is 11.8. The fourth-order valence-electron chi connectivity index (χ4n) is 1.70. The number of hydrogen-bond acceptors (Lipinski definition) is 5. The summed E-state index contributed by atoms with van der Waals surface area (Å²) in [6.07, 6.45) is 0. The largest absolute Gasteiger partial charge is 0.480 e. The Bertz CT molecular complexity index is 721. The summed E-state index contributed by atoms with van der Waals surface area (Å²) in [5.41, 5.74) is 0.0291. The molecule has 0 bridgehead atoms. The van der Waals surface area contributed by atoms with E-state index in [1.807, 2.05) is 0 Å². The first-order chi connectivity index (χ1) is 10.1. The van der Waals surface area contributed by atoms with Gasteiger partial charge in [0.15, 0.2) is 11.2 Å². The molecule has 0 aliphatic carbocycles. The number of ether oxygens (including phenoxy) is 1. The summed E-state index contributed by atoms with van der Waals surface area (Å²) in [4.78, 5) is 33.9. The maximum absolute atomic E-state index is 11.8. The van der Waals surface area contributed by atoms with Crippen LogP contribution in [0.25, 0.3) is 11.0 Å². The molecule has 0 unspecified atom stereocenters. The Labute approximate surface area is 119 Å². The van der Waals surface area contributed by atoms with Crippen LogP contribution in [-0.4, -0.2) is 36.7 Å². The molecule has 0 aliphatic rings. The highest BCUT2D eigenvalue weighted by molar-refractivity contribution is 5.93. The zero-order valence-electron chi connectivity index (χ0n) is 11.0. The molecular weight excluding hydrogens is 278 g/mol. The molecule has 110 valence electrons. The molecule has 0 radical (unpaired) electrons. The van der Waals surface area contributed by atoms with Crippen molar-refractivity contribution in [3.8, 4) is 0 Å². The molecule has 0 fully saturated rings. The molecule has 1 heterocycles. The van der Waals surface area contributed by atoms with Crippen LogP contribution in [0.15, 0.2) is 39.5 Å². The molecule has 0 saturated carbocycles. The zero-order chi connectivity index (χ0) is 15.2. The summed E-state index contributed by atoms with van der Waals surface area (Å²) in [5, 5.41) is 11.2. The Hall–Kier alpha value is -2.67. The number of hydrogen-bond donors (Lipinski definition) is 2. The van der Waals surface area contributed by atoms with Gasteiger partial charge in [0.05, 0.1) is 12.0 Å². The van der Waals surface area contributed by atoms with E-state index in [2.05, 4.69) is 5.32 Å². The molecule has 0 saturated heterocycles. The number of fused-ring (bicyclic) bond motifs is 1. The minimum absolute atomic E-state index is 0.0514. The standard InChI is InChI=1S/C14H13NO6/c16-10-7-12(21-11-4-2-1-3-9(10)11)14(19)15-5-6-20-8-13(17)18/h1-4,7H,5-6,8H2,(H,15,19)(H,17,18). The molecule has 0 spiro atoms. The summed E-state index contributed by atoms with van der Waals surface area (Å²) >= 11 is 0. The van der Waals surface area contributed by atoms with Crippen LogP contribution in [0, 0.1) is 0 Å². The Morgan fingerprint density at radius 3 is 2.81 bits per heavy atom. The third-order valence-corrected chi connectivity index (χ3v) is 2.62. The van der Waals surface area contributed by atoms with Gasteiger partial charge in [0.1, 0.15) is 12.2 Å². The van der Waals surface area contributed by atoms with Crippen LogP contribution in [0.3, 0.4) is 0 Å². The number of carbonyl (C=O) groups excluding carboxylic acids is 1. The normalized spacial score (nSPS) is 10.5. The monoisotopic (exact) mass is 291 g/mol. The number of rotatable bonds is 6. The molecule has 0 aliphatic heterocycles. The van der Waals surface area contributed by atoms with E-state index in [1.54, 1.807) is 24.3 Å². The van der Waals surface area contributed by atoms with Crippen molar-refractivity contribution in [3.63, 3.8) is 0 Å². The smallest absolute Gasteiger partial charge is 0.329 e. The molecule has 21 heavy (non-hydrogen) atoms. The van der Waals surface area contributed by atoms with E-state index in [4.69, 9.17) is 14.3 Å². The molecule has 2 rings (SSSR count). The number of para-hydroxylation sites is 1. The lowest BCUT2D eigenvalue weighted by molar-refractivity contribution is -0.142. The van der Waals surface area contributed by atoms with Crippen molar-refractivity contribution in [1.82, 2.24) is 5.32 Å². The van der Waals surface area contributed by atoms with Crippen molar-refractivity contribution < 1.29 is 23.8 Å². The van der Waals surface area contributed by atoms with Crippen LogP contribution in [-0.2, 0) is 9.53 Å². The lowest BCUT2D eigenvalue weighted by Gasteiger charge is -2.05. The zero-order valence-corrected chi connectivity index (χ0v) is 11.0. The Kier molecular flexibility index (Phi) is 4.68. The Balaban J connectivity index is 2.00. The van der Waals surface area contributed by atoms with Crippen LogP contribution in [0.4, 0.5) is 0 Å². The van der Waals surface area contributed by atoms with Gasteiger partial charge in [-0.05, 0) is 12.1 Å². The summed E-state index contributed by atoms with van der Waals surface area (Å²) in [6.45, 7) is -0.264. The van der Waals surface area contributed by atoms with Crippen LogP contribution < -0.4 is 10.7 Å². The van der Waals surface area contributed by atoms with Gasteiger partial charge in [-0.2, -0.15) is 0 Å². The molecule has 7 heteroatoms. The third kappa shape index (κ3) is 3.90. The molecule has 0 atom stereocenters. The number of nitrogens with one attached hydrogen (secondary N) is 1. The van der Waals surface area contributed by atoms with E-state index < -0.39 is 18.5 Å². The minimum atomic E-state index is -1.08. The average Bonchev–Trinajstić information content (AvgIpc) is 2.46. The minimum Gasteiger partial charge on any atom is -0.480 e. The number of benzene rings is 1. The summed E-state index contributed by atoms with van der Waals surface area (Å²) in [5.74, 6) is -1.74. The lowest BCUT2D eigenvalue weighted by Crippen LogP contribution is -2.28. The number of carboxylic acid groups (broad SMARTS) is 1. The number of carboxylic acids is 1. The van der Waals surface area contributed by atoms with E-state index in [-0.39, 0.29) is 24.3 Å². The van der Waals surface area contributed by atoms with Crippen LogP contribution in [0.2, 0.25) is 0 Å². The first kappa shape index (κ1) is 14.7. The summed E-state index contributed by atoms with van der Waals surface area (Å²) in [7, 11) is 0. The molecule has 1 aromatic carbocycles. The fraction of sp³-hybridized carbons (Fsp3) is 0.214. The van der Waals surface area contributed by atoms with Gasteiger partial charge in [0, 0.05) is 12.6 Å². The number of carbonyl (C=O) groups is 2. The first-order valence-corrected chi connectivity index (χ1v) is 6.18. The second kappa shape index (κ2) is 6.67. The van der Waals surface area contributed by atoms with Crippen molar-refractivity contribution in [2.24, 2.45) is 0 Å². The van der Waals surface area contributed by atoms with Gasteiger partial charge in [-0.3, -0.25) is 9.59 Å². The van der Waals surface area contributed by atoms with Gasteiger partial charge in [-0.15, -0.1) is 0 Å². The molecule has 7 nitrogen and oxygen atoms in total. The van der Waals surface area contributed by atoms with E-state index in [9.17, 15) is 14.4 Å². The van der Waals surface area contributed by atoms with Gasteiger partial charge in [-0.1, -0.05) is 12.1 Å². The highest BCUT2D eigenvalue weighted by Gasteiger charge is 2.11. The second-order valence-corrected chi connectivity index (χ2v) is 4.17. The SMILES string of the molecule is O=C(O)COCCNC(=O)c1cc(=O)c2ccccc2o1. The highest BCUT2D eigenvalue weighted by Crippen LogP contribution is 2.11. The predicted molar refractivity (Wildman–Crippen MR) is 73.3 cm³/mol. The number of aliphatic carboxylic acids is 1. The van der Waals surface area contributed by atoms with Gasteiger partial charge in [0.2, 0.25) is 0 Å². The Morgan fingerprint density at radius 2 is 2.05 bits per heavy atom. The van der Waals surface area contributed by atoms with Gasteiger partial charge in [0.25, 0.3) is 5.91 Å². The van der Waals surface area contributed by atoms with E-state index >= 15 is 0 Å². The predicted octanol–water partition coefficient (Wildman–Crippen LogP) is 0.624. The maximum Gasteiger partial charge on any atom is 0.329 e. The molecular formula is C14H13NO6. The van der Waals surface area contributed by atoms with Gasteiger partial charge in [-0.25, -0.2) is 4.79 Å². The van der Waals surface area contributed by atoms with Gasteiger partial charge < -0.3 is 19.6 Å². The quantitative estimate of drug-likeness (QED) is 0.756. The van der Waals surface area contributed by atoms with Crippen molar-refractivity contribution in [2.75, 3.05) is 19.8 Å². The van der Waals surface area contributed by atoms with Crippen molar-refractivity contribution in [1.29, 1.82) is 0 Å². The van der Waals surface area contributed by atoms with E-state index in [0.29, 0.717) is 11.0 Å². The molecule has 2 N–H and O–H groups in total. The van der Waals surface area contributed by atoms with E-state index in [0.717, 1.165) is 6.07 Å². The van der Waals surface area contributed by atoms with Crippen molar-refractivity contribution in [3.05, 3.63) is 46.3 Å². The van der Waals surface area contributed by atoms with Crippen LogP contribution in [0.5, 0.6) is 0 Å². The van der Waals surface area contributed by atoms with Crippen molar-refractivity contribution >= 4 is 22.8 Å². The topological polar surface area (TPSA) is 106 Å². The highest BCUT2D eigenvalue weighted by atomic mass is 16.5. The Morgan fingerprint density at radius 1 is 1.29 bits per heavy atom. The summed E-state index contributed by atoms with van der Waals surface area (Å²) in [6, 6.07) is 7.74. The molecule has 2 aromatic rings. The van der Waals surface area contributed by atoms with E-state index in [1.165, 1.54) is 0 Å². The van der Waals surface area contributed by atoms with Gasteiger partial charge >= 0.3 is 5.97 Å². The average molecular weight is 291 g/mol. The second-order valence-electron chi connectivity index (χ2n) is 4.17. The van der Waals surface area contributed by atoms with Crippen LogP contribution in [0.1, 0.15) is 10.6 Å². The van der Waals surface area contributed by atoms with Crippen molar-refractivity contribution in [2.45, 2.75) is 0 Å². The van der Waals surface area contributed by atoms with Crippen LogP contribution >= 0.6 is 0 Å². The fourth-order valence-corrected chi connectivity index (χ4v) is 1.70. The third-order valence-electron chi connectivity index (χ3n) is 2.62. The molecule has 1 aromatic heterocycles. The number of amides is 1. The summed E-state index contributed by atoms with van der Waals surface area (Å²) < 4.78 is 10.1.